The minimum Gasteiger partial charge on any atom is -0.508 e. The molecular formula is C15H12I3NO4. The first-order valence-corrected chi connectivity index (χ1v) is 9.68. The van der Waals surface area contributed by atoms with E-state index in [9.17, 15) is 9.90 Å². The molecule has 1 atom stereocenters. The van der Waals surface area contributed by atoms with Crippen molar-refractivity contribution in [2.24, 2.45) is 0 Å². The summed E-state index contributed by atoms with van der Waals surface area (Å²) >= 11 is 6.20. The quantitative estimate of drug-likeness (QED) is 0.321. The predicted molar refractivity (Wildman–Crippen MR) is 112 cm³/mol. The van der Waals surface area contributed by atoms with Crippen LogP contribution in [0.2, 0.25) is 0 Å². The summed E-state index contributed by atoms with van der Waals surface area (Å²) in [5.41, 5.74) is 0.924. The number of halogens is 3. The molecule has 0 aliphatic rings. The van der Waals surface area contributed by atoms with Gasteiger partial charge in [-0.05, 0) is 93.6 Å². The smallest absolute Gasteiger partial charge is 0.321 e. The third-order valence-corrected chi connectivity index (χ3v) is 5.34. The van der Waals surface area contributed by atoms with Crippen molar-refractivity contribution in [3.05, 3.63) is 49.1 Å². The van der Waals surface area contributed by atoms with Gasteiger partial charge in [-0.2, -0.15) is 0 Å². The highest BCUT2D eigenvalue weighted by Gasteiger charge is 2.18. The van der Waals surface area contributed by atoms with E-state index in [4.69, 9.17) is 9.84 Å². The molecule has 0 heterocycles. The van der Waals surface area contributed by atoms with Gasteiger partial charge < -0.3 is 14.9 Å². The van der Waals surface area contributed by atoms with E-state index in [1.54, 1.807) is 24.3 Å². The van der Waals surface area contributed by atoms with Gasteiger partial charge in [-0.25, -0.2) is 3.53 Å². The van der Waals surface area contributed by atoms with Gasteiger partial charge in [-0.15, -0.1) is 0 Å². The number of phenols is 1. The van der Waals surface area contributed by atoms with Gasteiger partial charge in [0, 0.05) is 22.9 Å². The molecule has 0 bridgehead atoms. The molecule has 2 aromatic rings. The first-order chi connectivity index (χ1) is 10.9. The maximum atomic E-state index is 11.1. The molecule has 23 heavy (non-hydrogen) atoms. The fourth-order valence-corrected chi connectivity index (χ4v) is 4.47. The number of aliphatic carboxylic acids is 1. The molecular weight excluding hydrogens is 639 g/mol. The van der Waals surface area contributed by atoms with Crippen molar-refractivity contribution in [3.8, 4) is 17.2 Å². The van der Waals surface area contributed by atoms with Crippen molar-refractivity contribution in [1.82, 2.24) is 3.53 Å². The largest absolute Gasteiger partial charge is 0.508 e. The second-order valence-corrected chi connectivity index (χ2v) is 7.64. The lowest BCUT2D eigenvalue weighted by atomic mass is 10.1. The van der Waals surface area contributed by atoms with Crippen LogP contribution in [0, 0.1) is 7.14 Å². The molecule has 5 nitrogen and oxygen atoms in total. The molecule has 2 rings (SSSR count). The number of hydrogen-bond acceptors (Lipinski definition) is 4. The third-order valence-electron chi connectivity index (χ3n) is 2.98. The van der Waals surface area contributed by atoms with Gasteiger partial charge in [-0.1, -0.05) is 0 Å². The lowest BCUT2D eigenvalue weighted by Gasteiger charge is -2.14. The van der Waals surface area contributed by atoms with Crippen LogP contribution in [0.1, 0.15) is 5.56 Å². The Kier molecular flexibility index (Phi) is 7.16. The average molecular weight is 651 g/mol. The monoisotopic (exact) mass is 651 g/mol. The zero-order valence-corrected chi connectivity index (χ0v) is 18.1. The lowest BCUT2D eigenvalue weighted by molar-refractivity contribution is -0.138. The predicted octanol–water partition coefficient (Wildman–Crippen LogP) is 4.33. The van der Waals surface area contributed by atoms with Crippen LogP contribution in [0.3, 0.4) is 0 Å². The van der Waals surface area contributed by atoms with Crippen LogP contribution in [0.25, 0.3) is 0 Å². The van der Waals surface area contributed by atoms with Crippen molar-refractivity contribution in [1.29, 1.82) is 0 Å². The lowest BCUT2D eigenvalue weighted by Crippen LogP contribution is -2.32. The number of aromatic hydroxyl groups is 1. The highest BCUT2D eigenvalue weighted by Crippen LogP contribution is 2.33. The standard InChI is InChI=1S/C15H12I3NO4/c16-11-5-8(7-13(19-18)15(21)22)6-12(17)14(11)23-10-3-1-9(20)2-4-10/h1-6,13,19-20H,7H2,(H,21,22)/t13-/m0/s1. The molecule has 122 valence electrons. The summed E-state index contributed by atoms with van der Waals surface area (Å²) in [6.07, 6.45) is 0.393. The first kappa shape index (κ1) is 19.0. The minimum absolute atomic E-state index is 0.183. The van der Waals surface area contributed by atoms with E-state index in [0.717, 1.165) is 18.5 Å². The van der Waals surface area contributed by atoms with Crippen molar-refractivity contribution in [2.75, 3.05) is 0 Å². The summed E-state index contributed by atoms with van der Waals surface area (Å²) < 4.78 is 10.4. The van der Waals surface area contributed by atoms with Crippen LogP contribution in [-0.2, 0) is 11.2 Å². The van der Waals surface area contributed by atoms with Crippen molar-refractivity contribution < 1.29 is 19.7 Å². The second-order valence-electron chi connectivity index (χ2n) is 4.69. The molecule has 0 saturated carbocycles. The summed E-state index contributed by atoms with van der Waals surface area (Å²) in [5.74, 6) is 0.649. The van der Waals surface area contributed by atoms with E-state index >= 15 is 0 Å². The van der Waals surface area contributed by atoms with Gasteiger partial charge in [0.05, 0.1) is 7.14 Å². The molecule has 0 aromatic heterocycles. The highest BCUT2D eigenvalue weighted by atomic mass is 127. The van der Waals surface area contributed by atoms with E-state index < -0.39 is 12.0 Å². The van der Waals surface area contributed by atoms with Gasteiger partial charge in [-0.3, -0.25) is 4.79 Å². The molecule has 0 unspecified atom stereocenters. The van der Waals surface area contributed by atoms with Crippen LogP contribution >= 0.6 is 68.0 Å². The Balaban J connectivity index is 2.23. The Morgan fingerprint density at radius 1 is 1.17 bits per heavy atom. The van der Waals surface area contributed by atoms with Crippen LogP contribution in [0.15, 0.2) is 36.4 Å². The normalized spacial score (nSPS) is 12.0. The molecule has 0 amide bonds. The summed E-state index contributed by atoms with van der Waals surface area (Å²) in [6.45, 7) is 0. The SMILES string of the molecule is O=C(O)[C@H](Cc1cc(I)c(Oc2ccc(O)cc2)c(I)c1)NI. The highest BCUT2D eigenvalue weighted by molar-refractivity contribution is 14.1. The maximum absolute atomic E-state index is 11.1. The molecule has 0 radical (unpaired) electrons. The number of rotatable bonds is 6. The van der Waals surface area contributed by atoms with Gasteiger partial charge in [0.15, 0.2) is 5.75 Å². The van der Waals surface area contributed by atoms with Crippen LogP contribution in [0.5, 0.6) is 17.2 Å². The minimum atomic E-state index is -0.881. The fraction of sp³-hybridized carbons (Fsp3) is 0.133. The first-order valence-electron chi connectivity index (χ1n) is 6.44. The number of phenolic OH excluding ortho intramolecular Hbond substituents is 1. The molecule has 0 aliphatic carbocycles. The molecule has 0 aliphatic heterocycles. The van der Waals surface area contributed by atoms with Crippen LogP contribution < -0.4 is 8.27 Å². The van der Waals surface area contributed by atoms with E-state index in [1.807, 2.05) is 35.0 Å². The third kappa shape index (κ3) is 5.32. The molecule has 8 heteroatoms. The van der Waals surface area contributed by atoms with Gasteiger partial charge in [0.2, 0.25) is 0 Å². The van der Waals surface area contributed by atoms with Gasteiger partial charge in [0.1, 0.15) is 17.5 Å². The number of carbonyl (C=O) groups is 1. The van der Waals surface area contributed by atoms with Gasteiger partial charge in [0.25, 0.3) is 0 Å². The number of ether oxygens (including phenoxy) is 1. The number of nitrogens with one attached hydrogen (secondary N) is 1. The van der Waals surface area contributed by atoms with Crippen molar-refractivity contribution in [2.45, 2.75) is 12.5 Å². The number of hydrogen-bond donors (Lipinski definition) is 3. The summed E-state index contributed by atoms with van der Waals surface area (Å²) in [7, 11) is 0. The van der Waals surface area contributed by atoms with E-state index in [-0.39, 0.29) is 5.75 Å². The second kappa shape index (κ2) is 8.67. The Hall–Kier alpha value is -0.340. The maximum Gasteiger partial charge on any atom is 0.321 e. The molecule has 2 aromatic carbocycles. The summed E-state index contributed by atoms with van der Waals surface area (Å²) in [5, 5.41) is 18.4. The number of carboxylic acids is 1. The Bertz CT molecular complexity index is 683. The molecule has 3 N–H and O–H groups in total. The Labute approximate surface area is 174 Å². The summed E-state index contributed by atoms with van der Waals surface area (Å²) in [6, 6.07) is 9.71. The van der Waals surface area contributed by atoms with Crippen molar-refractivity contribution in [3.63, 3.8) is 0 Å². The van der Waals surface area contributed by atoms with Crippen molar-refractivity contribution >= 4 is 74.0 Å². The van der Waals surface area contributed by atoms with Crippen LogP contribution in [0.4, 0.5) is 0 Å². The zero-order chi connectivity index (χ0) is 17.0. The topological polar surface area (TPSA) is 78.8 Å². The average Bonchev–Trinajstić information content (AvgIpc) is 2.50. The molecule has 0 spiro atoms. The fourth-order valence-electron chi connectivity index (χ4n) is 1.87. The Morgan fingerprint density at radius 3 is 2.22 bits per heavy atom. The van der Waals surface area contributed by atoms with E-state index in [0.29, 0.717) is 12.2 Å². The number of benzene rings is 2. The van der Waals surface area contributed by atoms with Crippen LogP contribution in [-0.4, -0.2) is 22.2 Å². The van der Waals surface area contributed by atoms with E-state index in [2.05, 4.69) is 48.7 Å². The molecule has 0 fully saturated rings. The summed E-state index contributed by atoms with van der Waals surface area (Å²) in [4.78, 5) is 11.1. The number of carboxylic acid groups (broad SMARTS) is 1. The Morgan fingerprint density at radius 2 is 1.74 bits per heavy atom. The van der Waals surface area contributed by atoms with Gasteiger partial charge >= 0.3 is 5.97 Å². The zero-order valence-electron chi connectivity index (χ0n) is 11.6. The molecule has 0 saturated heterocycles. The van der Waals surface area contributed by atoms with E-state index in [1.165, 1.54) is 0 Å².